The number of anilines is 1. The Morgan fingerprint density at radius 2 is 1.97 bits per heavy atom. The number of hydrogen-bond acceptors (Lipinski definition) is 7. The Morgan fingerprint density at radius 3 is 2.58 bits per heavy atom. The molecule has 2 aromatic carbocycles. The number of nitrogens with zero attached hydrogens (tertiary/aromatic N) is 2. The summed E-state index contributed by atoms with van der Waals surface area (Å²) in [6.45, 7) is -0.172. The van der Waals surface area contributed by atoms with E-state index in [9.17, 15) is 29.6 Å². The highest BCUT2D eigenvalue weighted by Crippen LogP contribution is 2.55. The van der Waals surface area contributed by atoms with Crippen LogP contribution in [0.2, 0.25) is 0 Å². The van der Waals surface area contributed by atoms with Crippen molar-refractivity contribution in [2.75, 3.05) is 18.6 Å². The van der Waals surface area contributed by atoms with Gasteiger partial charge in [-0.15, -0.1) is 0 Å². The van der Waals surface area contributed by atoms with E-state index >= 15 is 0 Å². The van der Waals surface area contributed by atoms with Crippen LogP contribution < -0.4 is 4.90 Å². The van der Waals surface area contributed by atoms with Gasteiger partial charge in [0.2, 0.25) is 17.4 Å². The Kier molecular flexibility index (Phi) is 6.04. The third-order valence-corrected chi connectivity index (χ3v) is 7.59. The van der Waals surface area contributed by atoms with Crippen molar-refractivity contribution in [3.05, 3.63) is 72.7 Å². The van der Waals surface area contributed by atoms with E-state index in [1.165, 1.54) is 4.90 Å². The van der Waals surface area contributed by atoms with Crippen LogP contribution in [0.5, 0.6) is 0 Å². The lowest BCUT2D eigenvalue weighted by Crippen LogP contribution is -2.70. The lowest BCUT2D eigenvalue weighted by molar-refractivity contribution is -0.539. The van der Waals surface area contributed by atoms with E-state index in [1.807, 2.05) is 0 Å². The molecular formula is C22H18Br2N2O7. The van der Waals surface area contributed by atoms with E-state index in [0.29, 0.717) is 20.2 Å². The lowest BCUT2D eigenvalue weighted by atomic mass is 9.65. The lowest BCUT2D eigenvalue weighted by Gasteiger charge is -2.49. The average molecular weight is 582 g/mol. The fourth-order valence-corrected chi connectivity index (χ4v) is 6.07. The summed E-state index contributed by atoms with van der Waals surface area (Å²) in [5.41, 5.74) is -1.09. The minimum atomic E-state index is -2.06. The Balaban J connectivity index is 2.08. The molecular weight excluding hydrogens is 564 g/mol. The molecule has 0 aromatic heterocycles. The normalized spacial score (nSPS) is 25.8. The first kappa shape index (κ1) is 23.4. The second-order valence-electron chi connectivity index (χ2n) is 7.99. The maximum Gasteiger partial charge on any atom is 0.340 e. The molecule has 172 valence electrons. The van der Waals surface area contributed by atoms with Crippen LogP contribution in [0.4, 0.5) is 5.69 Å². The monoisotopic (exact) mass is 580 g/mol. The summed E-state index contributed by atoms with van der Waals surface area (Å²) in [5, 5.41) is 21.9. The second kappa shape index (κ2) is 8.53. The summed E-state index contributed by atoms with van der Waals surface area (Å²) in [6.07, 6.45) is -0.500. The smallest absolute Gasteiger partial charge is 0.340 e. The van der Waals surface area contributed by atoms with Crippen LogP contribution in [0, 0.1) is 16.0 Å². The number of aliphatic carboxylic acids is 1. The average Bonchev–Trinajstić information content (AvgIpc) is 3.00. The van der Waals surface area contributed by atoms with Crippen LogP contribution in [-0.4, -0.2) is 53.0 Å². The number of benzene rings is 2. The number of nitro groups is 1. The van der Waals surface area contributed by atoms with Crippen LogP contribution in [0.25, 0.3) is 0 Å². The predicted molar refractivity (Wildman–Crippen MR) is 124 cm³/mol. The third-order valence-electron chi connectivity index (χ3n) is 6.37. The number of ketones is 1. The molecule has 9 nitrogen and oxygen atoms in total. The molecule has 1 N–H and O–H groups in total. The molecule has 0 radical (unpaired) electrons. The van der Waals surface area contributed by atoms with Crippen molar-refractivity contribution in [2.45, 2.75) is 23.9 Å². The number of fused-ring (bicyclic) bond motifs is 3. The molecule has 2 aliphatic heterocycles. The van der Waals surface area contributed by atoms with Gasteiger partial charge in [-0.2, -0.15) is 0 Å². The number of rotatable bonds is 5. The first-order chi connectivity index (χ1) is 15.6. The van der Waals surface area contributed by atoms with Gasteiger partial charge in [-0.25, -0.2) is 4.79 Å². The number of carbonyl (C=O) groups excluding carboxylic acids is 2. The molecule has 11 heteroatoms. The van der Waals surface area contributed by atoms with Crippen LogP contribution in [-0.2, 0) is 14.3 Å². The zero-order valence-electron chi connectivity index (χ0n) is 17.2. The maximum absolute atomic E-state index is 14.0. The number of esters is 1. The Hall–Kier alpha value is -2.79. The van der Waals surface area contributed by atoms with Crippen LogP contribution in [0.15, 0.2) is 51.4 Å². The molecule has 2 aromatic rings. The summed E-state index contributed by atoms with van der Waals surface area (Å²) < 4.78 is 6.16. The number of carboxylic acid groups (broad SMARTS) is 1. The number of carboxylic acids is 1. The van der Waals surface area contributed by atoms with Gasteiger partial charge in [0.25, 0.3) is 0 Å². The van der Waals surface area contributed by atoms with Crippen LogP contribution in [0.1, 0.15) is 28.3 Å². The van der Waals surface area contributed by atoms with E-state index in [2.05, 4.69) is 31.9 Å². The molecule has 33 heavy (non-hydrogen) atoms. The quantitative estimate of drug-likeness (QED) is 0.245. The predicted octanol–water partition coefficient (Wildman–Crippen LogP) is 3.66. The molecule has 4 rings (SSSR count). The summed E-state index contributed by atoms with van der Waals surface area (Å²) in [5.74, 6) is -5.04. The van der Waals surface area contributed by atoms with Crippen LogP contribution >= 0.6 is 31.9 Å². The largest absolute Gasteiger partial charge is 0.481 e. The van der Waals surface area contributed by atoms with Gasteiger partial charge in [-0.3, -0.25) is 19.7 Å². The summed E-state index contributed by atoms with van der Waals surface area (Å²) in [6, 6.07) is 9.98. The molecule has 0 aliphatic carbocycles. The molecule has 1 saturated heterocycles. The standard InChI is InChI=1S/C22H18Br2N2O7/c1-33-21(30)22-18(13-4-2-3-5-15(13)24)19(26(31)32)11(8-17(27)28)10-25(22)16-7-6-12(23)9-14(16)20(22)29/h2-7,9,11,18-19H,8,10H2,1H3,(H,27,28)/t11-,18-,19+,22+/m1/s1. The van der Waals surface area contributed by atoms with Gasteiger partial charge < -0.3 is 14.7 Å². The van der Waals surface area contributed by atoms with Gasteiger partial charge in [-0.05, 0) is 29.8 Å². The zero-order valence-corrected chi connectivity index (χ0v) is 20.4. The Bertz CT molecular complexity index is 1190. The highest BCUT2D eigenvalue weighted by molar-refractivity contribution is 9.10. The zero-order chi connectivity index (χ0) is 24.1. The number of methoxy groups -OCH3 is 1. The van der Waals surface area contributed by atoms with Crippen molar-refractivity contribution in [2.24, 2.45) is 5.92 Å². The summed E-state index contributed by atoms with van der Waals surface area (Å²) in [7, 11) is 1.13. The van der Waals surface area contributed by atoms with Gasteiger partial charge in [0.1, 0.15) is 0 Å². The SMILES string of the molecule is COC(=O)[C@]12C(=O)c3cc(Br)ccc3N1C[C@@H](CC(=O)O)[C@H]([N+](=O)[O-])[C@H]2c1ccccc1Br. The van der Waals surface area contributed by atoms with Crippen molar-refractivity contribution in [3.8, 4) is 0 Å². The van der Waals surface area contributed by atoms with Crippen molar-refractivity contribution in [3.63, 3.8) is 0 Å². The minimum Gasteiger partial charge on any atom is -0.481 e. The number of ether oxygens (including phenoxy) is 1. The fourth-order valence-electron chi connectivity index (χ4n) is 5.18. The summed E-state index contributed by atoms with van der Waals surface area (Å²) >= 11 is 6.74. The molecule has 2 aliphatic rings. The number of piperidine rings is 1. The van der Waals surface area contributed by atoms with Gasteiger partial charge in [-0.1, -0.05) is 50.1 Å². The van der Waals surface area contributed by atoms with E-state index in [-0.39, 0.29) is 12.1 Å². The van der Waals surface area contributed by atoms with Gasteiger partial charge >= 0.3 is 11.9 Å². The molecule has 0 amide bonds. The number of hydrogen-bond donors (Lipinski definition) is 1. The molecule has 0 saturated carbocycles. The number of carbonyl (C=O) groups is 3. The fraction of sp³-hybridized carbons (Fsp3) is 0.318. The minimum absolute atomic E-state index is 0.172. The number of Topliss-reactive ketones (excluding diaryl/α,β-unsaturated/α-hetero) is 1. The van der Waals surface area contributed by atoms with Gasteiger partial charge in [0.05, 0.1) is 25.4 Å². The summed E-state index contributed by atoms with van der Waals surface area (Å²) in [4.78, 5) is 52.5. The third kappa shape index (κ3) is 3.45. The van der Waals surface area contributed by atoms with Crippen molar-refractivity contribution in [1.29, 1.82) is 0 Å². The molecule has 1 fully saturated rings. The first-order valence-corrected chi connectivity index (χ1v) is 11.5. The van der Waals surface area contributed by atoms with Gasteiger partial charge in [0.15, 0.2) is 0 Å². The van der Waals surface area contributed by atoms with Gasteiger partial charge in [0, 0.05) is 31.7 Å². The maximum atomic E-state index is 14.0. The Labute approximate surface area is 205 Å². The van der Waals surface area contributed by atoms with Crippen LogP contribution in [0.3, 0.4) is 0 Å². The van der Waals surface area contributed by atoms with E-state index < -0.39 is 52.5 Å². The molecule has 0 spiro atoms. The van der Waals surface area contributed by atoms with E-state index in [1.54, 1.807) is 42.5 Å². The molecule has 0 bridgehead atoms. The van der Waals surface area contributed by atoms with E-state index in [4.69, 9.17) is 4.74 Å². The highest BCUT2D eigenvalue weighted by Gasteiger charge is 2.71. The molecule has 0 unspecified atom stereocenters. The van der Waals surface area contributed by atoms with Crippen molar-refractivity contribution in [1.82, 2.24) is 0 Å². The number of halogens is 2. The van der Waals surface area contributed by atoms with Crippen molar-refractivity contribution < 1.29 is 29.2 Å². The Morgan fingerprint density at radius 1 is 1.27 bits per heavy atom. The molecule has 2 heterocycles. The molecule has 4 atom stereocenters. The first-order valence-electron chi connectivity index (χ1n) is 9.94. The van der Waals surface area contributed by atoms with Crippen molar-refractivity contribution >= 4 is 55.3 Å². The highest BCUT2D eigenvalue weighted by atomic mass is 79.9. The second-order valence-corrected chi connectivity index (χ2v) is 9.76. The van der Waals surface area contributed by atoms with E-state index in [0.717, 1.165) is 7.11 Å². The topological polar surface area (TPSA) is 127 Å².